The molecule has 0 spiro atoms. The molecule has 40 heavy (non-hydrogen) atoms. The third-order valence-electron chi connectivity index (χ3n) is 7.73. The van der Waals surface area contributed by atoms with Crippen molar-refractivity contribution in [1.29, 1.82) is 0 Å². The zero-order chi connectivity index (χ0) is 29.5. The quantitative estimate of drug-likeness (QED) is 0.0518. The van der Waals surface area contributed by atoms with Crippen LogP contribution in [0.15, 0.2) is 36.5 Å². The monoisotopic (exact) mass is 560 g/mol. The molecule has 0 aromatic rings. The number of ether oxygens (including phenoxy) is 1. The molecular weight excluding hydrogens is 490 g/mol. The van der Waals surface area contributed by atoms with Crippen LogP contribution in [-0.2, 0) is 9.53 Å². The van der Waals surface area contributed by atoms with E-state index in [1.165, 1.54) is 77.0 Å². The maximum atomic E-state index is 12.9. The van der Waals surface area contributed by atoms with Crippen LogP contribution in [0.4, 0.5) is 0 Å². The maximum Gasteiger partial charge on any atom is 0.306 e. The summed E-state index contributed by atoms with van der Waals surface area (Å²) in [7, 11) is 4.18. The molecule has 0 N–H and O–H groups in total. The van der Waals surface area contributed by atoms with E-state index >= 15 is 0 Å². The highest BCUT2D eigenvalue weighted by atomic mass is 16.5. The Kier molecular flexibility index (Phi) is 29.6. The molecule has 0 aliphatic heterocycles. The summed E-state index contributed by atoms with van der Waals surface area (Å²) in [6.07, 6.45) is 39.5. The average molecular weight is 560 g/mol. The van der Waals surface area contributed by atoms with Crippen LogP contribution < -0.4 is 0 Å². The molecule has 0 amide bonds. The summed E-state index contributed by atoms with van der Waals surface area (Å²) in [5, 5.41) is 0. The van der Waals surface area contributed by atoms with Gasteiger partial charge in [-0.15, -0.1) is 0 Å². The van der Waals surface area contributed by atoms with Crippen LogP contribution in [0.2, 0.25) is 0 Å². The van der Waals surface area contributed by atoms with E-state index in [2.05, 4.69) is 76.2 Å². The molecule has 1 atom stereocenters. The van der Waals surface area contributed by atoms with Gasteiger partial charge in [-0.25, -0.2) is 0 Å². The number of carbonyl (C=O) groups excluding carboxylic acids is 1. The van der Waals surface area contributed by atoms with Crippen molar-refractivity contribution in [1.82, 2.24) is 4.90 Å². The van der Waals surface area contributed by atoms with Crippen molar-refractivity contribution in [3.8, 4) is 0 Å². The molecule has 0 aromatic heterocycles. The van der Waals surface area contributed by atoms with Crippen LogP contribution in [0.25, 0.3) is 0 Å². The predicted octanol–water partition coefficient (Wildman–Crippen LogP) is 11.4. The normalized spacial score (nSPS) is 13.1. The van der Waals surface area contributed by atoms with E-state index in [0.717, 1.165) is 64.3 Å². The summed E-state index contributed by atoms with van der Waals surface area (Å²) >= 11 is 0. The Morgan fingerprint density at radius 2 is 1.05 bits per heavy atom. The molecule has 3 heteroatoms. The lowest BCUT2D eigenvalue weighted by Crippen LogP contribution is -2.27. The molecule has 234 valence electrons. The second kappa shape index (κ2) is 30.6. The molecule has 0 heterocycles. The lowest BCUT2D eigenvalue weighted by atomic mass is 9.88. The molecule has 0 radical (unpaired) electrons. The Hall–Kier alpha value is -1.35. The molecule has 0 saturated heterocycles. The third-order valence-corrected chi connectivity index (χ3v) is 7.73. The number of nitrogens with zero attached hydrogens (tertiary/aromatic N) is 1. The summed E-state index contributed by atoms with van der Waals surface area (Å²) in [6.45, 7) is 7.80. The number of hydrogen-bond donors (Lipinski definition) is 0. The Morgan fingerprint density at radius 3 is 1.55 bits per heavy atom. The minimum atomic E-state index is 0.00959. The van der Waals surface area contributed by atoms with Crippen molar-refractivity contribution in [2.45, 2.75) is 168 Å². The zero-order valence-corrected chi connectivity index (χ0v) is 27.6. The lowest BCUT2D eigenvalue weighted by molar-refractivity contribution is -0.152. The Bertz CT molecular complexity index is 596. The first-order valence-corrected chi connectivity index (χ1v) is 17.3. The topological polar surface area (TPSA) is 29.5 Å². The standard InChI is InChI=1S/C37H69NO2/c1-6-9-12-15-18-20-22-25-30-35(31-26-23-21-19-16-13-10-7-2)36(32-27-24-17-14-11-8-3)40-37(39)33-28-29-34-38(4)5/h17-21,24,35-36H,6-16,22-23,25-34H2,1-5H3/b20-18-,21-19-,24-17-. The Morgan fingerprint density at radius 1 is 0.575 bits per heavy atom. The Balaban J connectivity index is 5.11. The van der Waals surface area contributed by atoms with E-state index in [9.17, 15) is 4.79 Å². The molecule has 0 rings (SSSR count). The van der Waals surface area contributed by atoms with Crippen molar-refractivity contribution < 1.29 is 9.53 Å². The molecule has 0 aromatic carbocycles. The third kappa shape index (κ3) is 26.9. The molecule has 3 nitrogen and oxygen atoms in total. The van der Waals surface area contributed by atoms with Crippen molar-refractivity contribution in [3.05, 3.63) is 36.5 Å². The summed E-state index contributed by atoms with van der Waals surface area (Å²) in [6, 6.07) is 0. The molecule has 0 bridgehead atoms. The minimum Gasteiger partial charge on any atom is -0.462 e. The van der Waals surface area contributed by atoms with E-state index in [-0.39, 0.29) is 12.1 Å². The first-order valence-electron chi connectivity index (χ1n) is 17.3. The van der Waals surface area contributed by atoms with Gasteiger partial charge in [-0.3, -0.25) is 4.79 Å². The van der Waals surface area contributed by atoms with Crippen LogP contribution in [-0.4, -0.2) is 37.6 Å². The van der Waals surface area contributed by atoms with Crippen molar-refractivity contribution in [3.63, 3.8) is 0 Å². The van der Waals surface area contributed by atoms with E-state index in [1.807, 2.05) is 0 Å². The average Bonchev–Trinajstić information content (AvgIpc) is 2.94. The smallest absolute Gasteiger partial charge is 0.306 e. The van der Waals surface area contributed by atoms with E-state index in [4.69, 9.17) is 4.74 Å². The highest BCUT2D eigenvalue weighted by Crippen LogP contribution is 2.27. The minimum absolute atomic E-state index is 0.00959. The van der Waals surface area contributed by atoms with Gasteiger partial charge in [0.2, 0.25) is 0 Å². The molecule has 0 aliphatic carbocycles. The van der Waals surface area contributed by atoms with Gasteiger partial charge >= 0.3 is 5.97 Å². The number of esters is 1. The van der Waals surface area contributed by atoms with Gasteiger partial charge in [-0.2, -0.15) is 0 Å². The van der Waals surface area contributed by atoms with E-state index in [1.54, 1.807) is 0 Å². The summed E-state index contributed by atoms with van der Waals surface area (Å²) in [5.74, 6) is 0.465. The van der Waals surface area contributed by atoms with E-state index in [0.29, 0.717) is 12.3 Å². The fraction of sp³-hybridized carbons (Fsp3) is 0.811. The molecule has 0 saturated carbocycles. The van der Waals surface area contributed by atoms with Gasteiger partial charge in [0, 0.05) is 6.42 Å². The summed E-state index contributed by atoms with van der Waals surface area (Å²) < 4.78 is 6.27. The molecule has 0 fully saturated rings. The fourth-order valence-corrected chi connectivity index (χ4v) is 5.14. The fourth-order valence-electron chi connectivity index (χ4n) is 5.14. The maximum absolute atomic E-state index is 12.9. The van der Waals surface area contributed by atoms with Gasteiger partial charge in [-0.1, -0.05) is 95.8 Å². The van der Waals surface area contributed by atoms with Gasteiger partial charge in [0.15, 0.2) is 0 Å². The number of unbranched alkanes of at least 4 members (excludes halogenated alkanes) is 11. The van der Waals surface area contributed by atoms with Gasteiger partial charge < -0.3 is 9.64 Å². The molecule has 1 unspecified atom stereocenters. The predicted molar refractivity (Wildman–Crippen MR) is 178 cm³/mol. The highest BCUT2D eigenvalue weighted by molar-refractivity contribution is 5.69. The van der Waals surface area contributed by atoms with Gasteiger partial charge in [0.1, 0.15) is 6.10 Å². The number of allylic oxidation sites excluding steroid dienone is 6. The zero-order valence-electron chi connectivity index (χ0n) is 27.6. The second-order valence-corrected chi connectivity index (χ2v) is 12.0. The van der Waals surface area contributed by atoms with Crippen molar-refractivity contribution >= 4 is 5.97 Å². The lowest BCUT2D eigenvalue weighted by Gasteiger charge is -2.27. The number of hydrogen-bond acceptors (Lipinski definition) is 3. The van der Waals surface area contributed by atoms with Crippen LogP contribution in [0.1, 0.15) is 162 Å². The number of carbonyl (C=O) groups is 1. The summed E-state index contributed by atoms with van der Waals surface area (Å²) in [4.78, 5) is 15.1. The molecular formula is C37H69NO2. The van der Waals surface area contributed by atoms with Gasteiger partial charge in [0.05, 0.1) is 0 Å². The van der Waals surface area contributed by atoms with Gasteiger partial charge in [0.25, 0.3) is 0 Å². The van der Waals surface area contributed by atoms with Crippen LogP contribution in [0, 0.1) is 5.92 Å². The molecule has 0 aliphatic rings. The Labute approximate surface area is 251 Å². The first kappa shape index (κ1) is 38.6. The highest BCUT2D eigenvalue weighted by Gasteiger charge is 2.24. The largest absolute Gasteiger partial charge is 0.462 e. The van der Waals surface area contributed by atoms with Crippen LogP contribution in [0.5, 0.6) is 0 Å². The van der Waals surface area contributed by atoms with Crippen LogP contribution in [0.3, 0.4) is 0 Å². The summed E-state index contributed by atoms with van der Waals surface area (Å²) in [5.41, 5.74) is 0. The number of rotatable bonds is 29. The van der Waals surface area contributed by atoms with Crippen molar-refractivity contribution in [2.24, 2.45) is 5.92 Å². The van der Waals surface area contributed by atoms with E-state index < -0.39 is 0 Å². The van der Waals surface area contributed by atoms with Gasteiger partial charge in [-0.05, 0) is 123 Å². The SMILES string of the molecule is CCCC/C=C\CCC(OC(=O)CCCCN(C)C)C(CCC/C=C\CCCCC)CCC/C=C\CCCCC. The second-order valence-electron chi connectivity index (χ2n) is 12.0. The van der Waals surface area contributed by atoms with Crippen LogP contribution >= 0.6 is 0 Å². The van der Waals surface area contributed by atoms with Crippen molar-refractivity contribution in [2.75, 3.05) is 20.6 Å². The first-order chi connectivity index (χ1) is 19.5.